The van der Waals surface area contributed by atoms with E-state index in [0.717, 1.165) is 6.07 Å². The Morgan fingerprint density at radius 3 is 2.64 bits per heavy atom. The second-order valence-corrected chi connectivity index (χ2v) is 6.71. The van der Waals surface area contributed by atoms with Gasteiger partial charge in [0.2, 0.25) is 5.82 Å². The Labute approximate surface area is 159 Å². The van der Waals surface area contributed by atoms with E-state index in [1.807, 2.05) is 0 Å². The lowest BCUT2D eigenvalue weighted by atomic mass is 10.3. The van der Waals surface area contributed by atoms with Gasteiger partial charge >= 0.3 is 6.18 Å². The van der Waals surface area contributed by atoms with Crippen LogP contribution in [0.1, 0.15) is 22.0 Å². The summed E-state index contributed by atoms with van der Waals surface area (Å²) in [6, 6.07) is 9.22. The number of fused-ring (bicyclic) bond motifs is 1. The van der Waals surface area contributed by atoms with Gasteiger partial charge in [-0.25, -0.2) is 9.97 Å². The highest BCUT2D eigenvalue weighted by molar-refractivity contribution is 7.13. The molecule has 11 heteroatoms. The number of amides is 1. The van der Waals surface area contributed by atoms with Crippen LogP contribution in [0.3, 0.4) is 0 Å². The normalized spacial score (nSPS) is 11.7. The molecule has 142 valence electrons. The molecule has 0 aliphatic carbocycles. The van der Waals surface area contributed by atoms with Crippen molar-refractivity contribution < 1.29 is 18.0 Å². The van der Waals surface area contributed by atoms with Gasteiger partial charge in [0, 0.05) is 5.69 Å². The van der Waals surface area contributed by atoms with Gasteiger partial charge in [-0.1, -0.05) is 12.1 Å². The minimum atomic E-state index is -4.70. The number of carbonyl (C=O) groups is 1. The molecule has 0 radical (unpaired) electrons. The van der Waals surface area contributed by atoms with Gasteiger partial charge in [-0.2, -0.15) is 22.7 Å². The predicted octanol–water partition coefficient (Wildman–Crippen LogP) is 3.83. The summed E-state index contributed by atoms with van der Waals surface area (Å²) in [4.78, 5) is 25.0. The maximum Gasteiger partial charge on any atom is 0.433 e. The number of pyridine rings is 1. The highest BCUT2D eigenvalue weighted by Crippen LogP contribution is 2.33. The zero-order valence-corrected chi connectivity index (χ0v) is 15.0. The quantitative estimate of drug-likeness (QED) is 0.561. The topological polar surface area (TPSA) is 85.1 Å². The number of rotatable bonds is 3. The Kier molecular flexibility index (Phi) is 4.30. The molecule has 1 N–H and O–H groups in total. The average Bonchev–Trinajstić information content (AvgIpc) is 3.29. The molecule has 4 rings (SSSR count). The number of nitrogens with zero attached hydrogens (tertiary/aromatic N) is 5. The van der Waals surface area contributed by atoms with Gasteiger partial charge in [0.05, 0.1) is 10.6 Å². The van der Waals surface area contributed by atoms with Crippen LogP contribution in [0.5, 0.6) is 0 Å². The molecule has 1 amide bonds. The van der Waals surface area contributed by atoms with Crippen molar-refractivity contribution in [1.82, 2.24) is 24.6 Å². The van der Waals surface area contributed by atoms with E-state index in [9.17, 15) is 18.0 Å². The zero-order valence-electron chi connectivity index (χ0n) is 14.2. The standard InChI is InChI=1S/C17H11F3N6OS/c1-9-4-2-6-13(21-9)23-15(27)14-24-16-22-10(11-5-3-7-28-11)8-12(17(18,19)20)26(16)25-14/h2-8H,1H3,(H,21,23,27). The van der Waals surface area contributed by atoms with E-state index in [1.165, 1.54) is 11.3 Å². The van der Waals surface area contributed by atoms with Crippen LogP contribution in [0.2, 0.25) is 0 Å². The van der Waals surface area contributed by atoms with Crippen LogP contribution in [-0.2, 0) is 6.18 Å². The van der Waals surface area contributed by atoms with Gasteiger partial charge in [0.1, 0.15) is 5.82 Å². The minimum Gasteiger partial charge on any atom is -0.304 e. The number of halogens is 3. The number of aromatic nitrogens is 5. The molecule has 4 aromatic rings. The fourth-order valence-electron chi connectivity index (χ4n) is 2.50. The van der Waals surface area contributed by atoms with E-state index < -0.39 is 23.6 Å². The number of hydrogen-bond donors (Lipinski definition) is 1. The Morgan fingerprint density at radius 2 is 1.96 bits per heavy atom. The second-order valence-electron chi connectivity index (χ2n) is 5.77. The van der Waals surface area contributed by atoms with Gasteiger partial charge in [-0.3, -0.25) is 4.79 Å². The summed E-state index contributed by atoms with van der Waals surface area (Å²) in [5.74, 6) is -1.30. The van der Waals surface area contributed by atoms with Crippen molar-refractivity contribution in [2.75, 3.05) is 5.32 Å². The molecule has 0 aromatic carbocycles. The lowest BCUT2D eigenvalue weighted by molar-refractivity contribution is -0.142. The molecule has 7 nitrogen and oxygen atoms in total. The van der Waals surface area contributed by atoms with Crippen LogP contribution in [0.4, 0.5) is 19.0 Å². The van der Waals surface area contributed by atoms with Gasteiger partial charge < -0.3 is 5.32 Å². The largest absolute Gasteiger partial charge is 0.433 e. The van der Waals surface area contributed by atoms with Crippen LogP contribution >= 0.6 is 11.3 Å². The first-order valence-corrected chi connectivity index (χ1v) is 8.83. The number of alkyl halides is 3. The average molecular weight is 404 g/mol. The summed E-state index contributed by atoms with van der Waals surface area (Å²) in [6.07, 6.45) is -4.70. The smallest absolute Gasteiger partial charge is 0.304 e. The molecular weight excluding hydrogens is 393 g/mol. The van der Waals surface area contributed by atoms with E-state index in [-0.39, 0.29) is 17.3 Å². The summed E-state index contributed by atoms with van der Waals surface area (Å²) < 4.78 is 41.1. The van der Waals surface area contributed by atoms with Crippen LogP contribution in [0.15, 0.2) is 41.8 Å². The lowest BCUT2D eigenvalue weighted by Gasteiger charge is -2.09. The summed E-state index contributed by atoms with van der Waals surface area (Å²) in [6.45, 7) is 1.74. The summed E-state index contributed by atoms with van der Waals surface area (Å²) in [5.41, 5.74) is -0.293. The number of thiophene rings is 1. The lowest BCUT2D eigenvalue weighted by Crippen LogP contribution is -2.16. The maximum absolute atomic E-state index is 13.5. The number of hydrogen-bond acceptors (Lipinski definition) is 6. The molecular formula is C17H11F3N6OS. The van der Waals surface area contributed by atoms with Crippen molar-refractivity contribution in [3.63, 3.8) is 0 Å². The van der Waals surface area contributed by atoms with Crippen molar-refractivity contribution in [1.29, 1.82) is 0 Å². The van der Waals surface area contributed by atoms with Crippen LogP contribution in [0, 0.1) is 6.92 Å². The zero-order chi connectivity index (χ0) is 19.9. The first-order valence-electron chi connectivity index (χ1n) is 7.95. The molecule has 0 aliphatic heterocycles. The van der Waals surface area contributed by atoms with E-state index >= 15 is 0 Å². The van der Waals surface area contributed by atoms with Crippen LogP contribution < -0.4 is 5.32 Å². The first kappa shape index (κ1) is 18.0. The van der Waals surface area contributed by atoms with Crippen molar-refractivity contribution in [3.05, 3.63) is 59.0 Å². The van der Waals surface area contributed by atoms with E-state index in [2.05, 4.69) is 25.4 Å². The van der Waals surface area contributed by atoms with Gasteiger partial charge in [0.25, 0.3) is 11.7 Å². The SMILES string of the molecule is Cc1cccc(NC(=O)c2nc3nc(-c4cccs4)cc(C(F)(F)F)n3n2)n1. The fraction of sp³-hybridized carbons (Fsp3) is 0.118. The van der Waals surface area contributed by atoms with Gasteiger partial charge in [-0.15, -0.1) is 16.4 Å². The summed E-state index contributed by atoms with van der Waals surface area (Å²) in [5, 5.41) is 7.90. The van der Waals surface area contributed by atoms with Crippen LogP contribution in [0.25, 0.3) is 16.3 Å². The Hall–Kier alpha value is -3.34. The third kappa shape index (κ3) is 3.43. The minimum absolute atomic E-state index is 0.106. The predicted molar refractivity (Wildman–Crippen MR) is 96.0 cm³/mol. The molecule has 0 aliphatic rings. The van der Waals surface area contributed by atoms with Crippen molar-refractivity contribution in [2.24, 2.45) is 0 Å². The molecule has 0 saturated carbocycles. The molecule has 0 unspecified atom stereocenters. The molecule has 0 fully saturated rings. The van der Waals surface area contributed by atoms with E-state index in [4.69, 9.17) is 0 Å². The number of anilines is 1. The van der Waals surface area contributed by atoms with E-state index in [1.54, 1.807) is 42.6 Å². The molecule has 4 aromatic heterocycles. The second kappa shape index (κ2) is 6.68. The number of nitrogens with one attached hydrogen (secondary N) is 1. The van der Waals surface area contributed by atoms with Gasteiger partial charge in [-0.05, 0) is 36.6 Å². The molecule has 28 heavy (non-hydrogen) atoms. The Bertz CT molecular complexity index is 1170. The Balaban J connectivity index is 1.78. The summed E-state index contributed by atoms with van der Waals surface area (Å²) in [7, 11) is 0. The van der Waals surface area contributed by atoms with Crippen molar-refractivity contribution in [3.8, 4) is 10.6 Å². The third-order valence-electron chi connectivity index (χ3n) is 3.71. The summed E-state index contributed by atoms with van der Waals surface area (Å²) >= 11 is 1.25. The number of carbonyl (C=O) groups excluding carboxylic acids is 1. The highest BCUT2D eigenvalue weighted by Gasteiger charge is 2.36. The monoisotopic (exact) mass is 404 g/mol. The highest BCUT2D eigenvalue weighted by atomic mass is 32.1. The third-order valence-corrected chi connectivity index (χ3v) is 4.60. The molecule has 0 spiro atoms. The van der Waals surface area contributed by atoms with Crippen molar-refractivity contribution >= 4 is 28.8 Å². The molecule has 4 heterocycles. The first-order chi connectivity index (χ1) is 13.3. The molecule has 0 saturated heterocycles. The molecule has 0 atom stereocenters. The molecule has 0 bridgehead atoms. The van der Waals surface area contributed by atoms with Crippen LogP contribution in [-0.4, -0.2) is 30.5 Å². The van der Waals surface area contributed by atoms with E-state index in [0.29, 0.717) is 15.1 Å². The van der Waals surface area contributed by atoms with Gasteiger partial charge in [0.15, 0.2) is 5.69 Å². The maximum atomic E-state index is 13.5. The Morgan fingerprint density at radius 1 is 1.14 bits per heavy atom. The number of aryl methyl sites for hydroxylation is 1. The van der Waals surface area contributed by atoms with Crippen molar-refractivity contribution in [2.45, 2.75) is 13.1 Å². The fourth-order valence-corrected chi connectivity index (χ4v) is 3.19.